The van der Waals surface area contributed by atoms with Gasteiger partial charge in [-0.1, -0.05) is 11.6 Å². The van der Waals surface area contributed by atoms with E-state index in [2.05, 4.69) is 10.3 Å². The predicted molar refractivity (Wildman–Crippen MR) is 50.1 cm³/mol. The molecule has 0 bridgehead atoms. The van der Waals surface area contributed by atoms with Gasteiger partial charge in [0.25, 0.3) is 0 Å². The molecule has 0 atom stereocenters. The molecule has 14 heavy (non-hydrogen) atoms. The average molecular weight is 212 g/mol. The maximum absolute atomic E-state index is 10.2. The molecule has 1 rings (SSSR count). The number of pyridine rings is 1. The van der Waals surface area contributed by atoms with E-state index < -0.39 is 5.97 Å². The molecule has 6 heteroatoms. The van der Waals surface area contributed by atoms with E-state index in [1.165, 1.54) is 12.3 Å². The zero-order valence-electron chi connectivity index (χ0n) is 6.99. The van der Waals surface area contributed by atoms with Gasteiger partial charge in [-0.15, -0.1) is 0 Å². The van der Waals surface area contributed by atoms with Crippen molar-refractivity contribution < 1.29 is 9.90 Å². The number of nitrogens with zero attached hydrogens (tertiary/aromatic N) is 2. The fourth-order valence-corrected chi connectivity index (χ4v) is 1.02. The molecule has 1 heterocycles. The lowest BCUT2D eigenvalue weighted by Crippen LogP contribution is -2.13. The van der Waals surface area contributed by atoms with Crippen LogP contribution in [0.25, 0.3) is 0 Å². The third-order valence-corrected chi connectivity index (χ3v) is 1.67. The van der Waals surface area contributed by atoms with Gasteiger partial charge in [-0.2, -0.15) is 5.26 Å². The number of aromatic nitrogens is 1. The van der Waals surface area contributed by atoms with Gasteiger partial charge >= 0.3 is 5.97 Å². The Kier molecular flexibility index (Phi) is 3.26. The zero-order chi connectivity index (χ0) is 10.6. The van der Waals surface area contributed by atoms with Gasteiger partial charge in [-0.25, -0.2) is 4.98 Å². The molecule has 0 radical (unpaired) electrons. The number of hydrogen-bond donors (Lipinski definition) is 2. The van der Waals surface area contributed by atoms with Crippen LogP contribution in [0, 0.1) is 11.3 Å². The molecule has 0 spiro atoms. The molecule has 2 N–H and O–H groups in total. The monoisotopic (exact) mass is 211 g/mol. The first kappa shape index (κ1) is 10.3. The van der Waals surface area contributed by atoms with Crippen molar-refractivity contribution in [1.29, 1.82) is 5.26 Å². The van der Waals surface area contributed by atoms with E-state index in [0.717, 1.165) is 0 Å². The van der Waals surface area contributed by atoms with Gasteiger partial charge in [-0.05, 0) is 6.07 Å². The van der Waals surface area contributed by atoms with Crippen LogP contribution < -0.4 is 5.32 Å². The highest BCUT2D eigenvalue weighted by Gasteiger charge is 2.04. The second-order valence-electron chi connectivity index (χ2n) is 2.41. The summed E-state index contributed by atoms with van der Waals surface area (Å²) in [6.45, 7) is -0.265. The number of anilines is 1. The van der Waals surface area contributed by atoms with Crippen LogP contribution in [0.3, 0.4) is 0 Å². The van der Waals surface area contributed by atoms with Gasteiger partial charge in [0, 0.05) is 6.20 Å². The Labute approximate surface area is 84.9 Å². The van der Waals surface area contributed by atoms with E-state index >= 15 is 0 Å². The molecule has 72 valence electrons. The summed E-state index contributed by atoms with van der Waals surface area (Å²) in [5, 5.41) is 19.6. The highest BCUT2D eigenvalue weighted by molar-refractivity contribution is 6.33. The third-order valence-electron chi connectivity index (χ3n) is 1.38. The molecule has 0 saturated carbocycles. The van der Waals surface area contributed by atoms with Gasteiger partial charge in [0.05, 0.1) is 10.6 Å². The first-order valence-electron chi connectivity index (χ1n) is 3.65. The van der Waals surface area contributed by atoms with Crippen molar-refractivity contribution in [2.45, 2.75) is 0 Å². The zero-order valence-corrected chi connectivity index (χ0v) is 7.75. The Morgan fingerprint density at radius 1 is 1.79 bits per heavy atom. The standard InChI is InChI=1S/C8H6ClN3O2/c9-6-1-5(2-10)3-11-8(6)12-4-7(13)14/h1,3H,4H2,(H,11,12)(H,13,14). The fraction of sp³-hybridized carbons (Fsp3) is 0.125. The number of carboxylic acid groups (broad SMARTS) is 1. The number of nitriles is 1. The van der Waals surface area contributed by atoms with Crippen molar-refractivity contribution >= 4 is 23.4 Å². The summed E-state index contributed by atoms with van der Waals surface area (Å²) in [4.78, 5) is 14.0. The molecular weight excluding hydrogens is 206 g/mol. The number of hydrogen-bond acceptors (Lipinski definition) is 4. The van der Waals surface area contributed by atoms with E-state index in [4.69, 9.17) is 22.0 Å². The molecule has 0 unspecified atom stereocenters. The van der Waals surface area contributed by atoms with Crippen molar-refractivity contribution in [2.24, 2.45) is 0 Å². The third kappa shape index (κ3) is 2.61. The molecule has 0 aliphatic carbocycles. The van der Waals surface area contributed by atoms with E-state index in [1.807, 2.05) is 6.07 Å². The van der Waals surface area contributed by atoms with Crippen molar-refractivity contribution in [3.8, 4) is 6.07 Å². The number of carbonyl (C=O) groups is 1. The van der Waals surface area contributed by atoms with Crippen molar-refractivity contribution in [1.82, 2.24) is 4.98 Å². The van der Waals surface area contributed by atoms with Crippen molar-refractivity contribution in [2.75, 3.05) is 11.9 Å². The van der Waals surface area contributed by atoms with Gasteiger partial charge < -0.3 is 10.4 Å². The lowest BCUT2D eigenvalue weighted by atomic mass is 10.3. The van der Waals surface area contributed by atoms with E-state index in [-0.39, 0.29) is 17.4 Å². The molecule has 0 amide bonds. The Morgan fingerprint density at radius 3 is 3.00 bits per heavy atom. The summed E-state index contributed by atoms with van der Waals surface area (Å²) in [7, 11) is 0. The lowest BCUT2D eigenvalue weighted by Gasteiger charge is -2.03. The largest absolute Gasteiger partial charge is 0.480 e. The van der Waals surface area contributed by atoms with Crippen LogP contribution in [0.5, 0.6) is 0 Å². The molecule has 1 aromatic rings. The molecule has 0 aliphatic rings. The quantitative estimate of drug-likeness (QED) is 0.782. The van der Waals surface area contributed by atoms with Gasteiger partial charge in [-0.3, -0.25) is 4.79 Å². The highest BCUT2D eigenvalue weighted by atomic mass is 35.5. The smallest absolute Gasteiger partial charge is 0.322 e. The van der Waals surface area contributed by atoms with Gasteiger partial charge in [0.1, 0.15) is 18.4 Å². The molecule has 0 aromatic carbocycles. The summed E-state index contributed by atoms with van der Waals surface area (Å²) >= 11 is 5.72. The molecule has 5 nitrogen and oxygen atoms in total. The summed E-state index contributed by atoms with van der Waals surface area (Å²) in [5.41, 5.74) is 0.330. The summed E-state index contributed by atoms with van der Waals surface area (Å²) in [6.07, 6.45) is 1.32. The second-order valence-corrected chi connectivity index (χ2v) is 2.82. The molecular formula is C8H6ClN3O2. The normalized spacial score (nSPS) is 9.14. The van der Waals surface area contributed by atoms with Gasteiger partial charge in [0.2, 0.25) is 0 Å². The van der Waals surface area contributed by atoms with Crippen LogP contribution >= 0.6 is 11.6 Å². The number of carboxylic acids is 1. The number of aliphatic carboxylic acids is 1. The second kappa shape index (κ2) is 4.44. The maximum Gasteiger partial charge on any atom is 0.322 e. The van der Waals surface area contributed by atoms with Crippen LogP contribution in [0.2, 0.25) is 5.02 Å². The Hall–Kier alpha value is -1.80. The minimum atomic E-state index is -1.01. The minimum Gasteiger partial charge on any atom is -0.480 e. The number of nitrogens with one attached hydrogen (secondary N) is 1. The lowest BCUT2D eigenvalue weighted by molar-refractivity contribution is -0.134. The Balaban J connectivity index is 2.80. The first-order chi connectivity index (χ1) is 6.63. The molecule has 0 aliphatic heterocycles. The van der Waals surface area contributed by atoms with Crippen LogP contribution in [0.4, 0.5) is 5.82 Å². The van der Waals surface area contributed by atoms with E-state index in [0.29, 0.717) is 5.56 Å². The first-order valence-corrected chi connectivity index (χ1v) is 4.02. The summed E-state index contributed by atoms with van der Waals surface area (Å²) in [6, 6.07) is 3.28. The van der Waals surface area contributed by atoms with Crippen molar-refractivity contribution in [3.05, 3.63) is 22.8 Å². The Morgan fingerprint density at radius 2 is 2.50 bits per heavy atom. The Bertz CT molecular complexity index is 400. The average Bonchev–Trinajstić information content (AvgIpc) is 2.15. The summed E-state index contributed by atoms with van der Waals surface area (Å²) in [5.74, 6) is -0.750. The number of halogens is 1. The van der Waals surface area contributed by atoms with Crippen LogP contribution in [-0.2, 0) is 4.79 Å². The van der Waals surface area contributed by atoms with Crippen LogP contribution in [-0.4, -0.2) is 22.6 Å². The van der Waals surface area contributed by atoms with Gasteiger partial charge in [0.15, 0.2) is 0 Å². The van der Waals surface area contributed by atoms with E-state index in [1.54, 1.807) is 0 Å². The predicted octanol–water partition coefficient (Wildman–Crippen LogP) is 1.10. The fourth-order valence-electron chi connectivity index (χ4n) is 0.788. The van der Waals surface area contributed by atoms with Crippen LogP contribution in [0.15, 0.2) is 12.3 Å². The highest BCUT2D eigenvalue weighted by Crippen LogP contribution is 2.19. The van der Waals surface area contributed by atoms with E-state index in [9.17, 15) is 4.79 Å². The van der Waals surface area contributed by atoms with Crippen LogP contribution in [0.1, 0.15) is 5.56 Å². The maximum atomic E-state index is 10.2. The molecule has 0 saturated heterocycles. The van der Waals surface area contributed by atoms with Crippen molar-refractivity contribution in [3.63, 3.8) is 0 Å². The molecule has 0 fully saturated rings. The topological polar surface area (TPSA) is 86.0 Å². The minimum absolute atomic E-state index is 0.227. The molecule has 1 aromatic heterocycles. The SMILES string of the molecule is N#Cc1cnc(NCC(=O)O)c(Cl)c1. The number of rotatable bonds is 3. The summed E-state index contributed by atoms with van der Waals surface area (Å²) < 4.78 is 0.